The van der Waals surface area contributed by atoms with E-state index in [1.165, 1.54) is 11.3 Å². The molecule has 6 nitrogen and oxygen atoms in total. The molecule has 0 bridgehead atoms. The molecule has 0 atom stereocenters. The summed E-state index contributed by atoms with van der Waals surface area (Å²) in [5.41, 5.74) is 0. The Morgan fingerprint density at radius 1 is 1.35 bits per heavy atom. The van der Waals surface area contributed by atoms with E-state index in [0.29, 0.717) is 4.88 Å². The SMILES string of the molecule is CS(=O)(=O)Nc1oc(-c2cccs2)c(O)c1O. The van der Waals surface area contributed by atoms with E-state index in [4.69, 9.17) is 4.42 Å². The van der Waals surface area contributed by atoms with Crippen molar-refractivity contribution in [3.63, 3.8) is 0 Å². The molecule has 0 aliphatic carbocycles. The monoisotopic (exact) mass is 275 g/mol. The summed E-state index contributed by atoms with van der Waals surface area (Å²) in [6.45, 7) is 0. The van der Waals surface area contributed by atoms with E-state index in [2.05, 4.69) is 0 Å². The highest BCUT2D eigenvalue weighted by Gasteiger charge is 2.23. The first-order valence-electron chi connectivity index (χ1n) is 4.45. The molecule has 2 aromatic rings. The van der Waals surface area contributed by atoms with Crippen molar-refractivity contribution in [1.29, 1.82) is 0 Å². The van der Waals surface area contributed by atoms with Crippen LogP contribution in [0.2, 0.25) is 0 Å². The summed E-state index contributed by atoms with van der Waals surface area (Å²) < 4.78 is 29.1. The fourth-order valence-electron chi connectivity index (χ4n) is 1.23. The maximum absolute atomic E-state index is 11.0. The Bertz CT molecular complexity index is 627. The predicted molar refractivity (Wildman–Crippen MR) is 63.8 cm³/mol. The lowest BCUT2D eigenvalue weighted by molar-refractivity contribution is 0.410. The van der Waals surface area contributed by atoms with Crippen LogP contribution in [0.15, 0.2) is 21.9 Å². The Kier molecular flexibility index (Phi) is 2.76. The van der Waals surface area contributed by atoms with Gasteiger partial charge in [-0.3, -0.25) is 4.72 Å². The summed E-state index contributed by atoms with van der Waals surface area (Å²) in [5, 5.41) is 20.9. The maximum atomic E-state index is 11.0. The number of thiophene rings is 1. The van der Waals surface area contributed by atoms with E-state index in [1.807, 2.05) is 4.72 Å². The van der Waals surface area contributed by atoms with Gasteiger partial charge >= 0.3 is 0 Å². The second kappa shape index (κ2) is 3.97. The van der Waals surface area contributed by atoms with Crippen molar-refractivity contribution in [2.24, 2.45) is 0 Å². The van der Waals surface area contributed by atoms with Gasteiger partial charge in [-0.05, 0) is 11.4 Å². The number of hydrogen-bond acceptors (Lipinski definition) is 6. The van der Waals surface area contributed by atoms with Crippen LogP contribution in [0.3, 0.4) is 0 Å². The van der Waals surface area contributed by atoms with Crippen molar-refractivity contribution in [2.75, 3.05) is 11.0 Å². The number of hydrogen-bond donors (Lipinski definition) is 3. The van der Waals surface area contributed by atoms with Crippen LogP contribution in [0.5, 0.6) is 11.5 Å². The molecular formula is C9H9NO5S2. The molecule has 0 aliphatic rings. The largest absolute Gasteiger partial charge is 0.502 e. The van der Waals surface area contributed by atoms with Gasteiger partial charge in [-0.25, -0.2) is 8.42 Å². The summed E-state index contributed by atoms with van der Waals surface area (Å²) in [5.74, 6) is -1.48. The zero-order valence-electron chi connectivity index (χ0n) is 8.67. The molecule has 2 aromatic heterocycles. The topological polar surface area (TPSA) is 99.8 Å². The van der Waals surface area contributed by atoms with Crippen LogP contribution in [0.1, 0.15) is 0 Å². The lowest BCUT2D eigenvalue weighted by Gasteiger charge is -1.98. The van der Waals surface area contributed by atoms with Crippen LogP contribution < -0.4 is 4.72 Å². The molecule has 0 fully saturated rings. The summed E-state index contributed by atoms with van der Waals surface area (Å²) in [7, 11) is -3.58. The second-order valence-corrected chi connectivity index (χ2v) is 6.01. The van der Waals surface area contributed by atoms with E-state index in [0.717, 1.165) is 6.26 Å². The standard InChI is InChI=1S/C9H9NO5S2/c1-17(13,14)10-9-7(12)6(11)8(15-9)5-3-2-4-16-5/h2-4,10-12H,1H3. The average molecular weight is 275 g/mol. The Hall–Kier alpha value is -1.67. The number of anilines is 1. The molecular weight excluding hydrogens is 266 g/mol. The first-order chi connectivity index (χ1) is 7.88. The van der Waals surface area contributed by atoms with Gasteiger partial charge in [-0.1, -0.05) is 6.07 Å². The quantitative estimate of drug-likeness (QED) is 0.793. The van der Waals surface area contributed by atoms with Crippen LogP contribution >= 0.6 is 11.3 Å². The van der Waals surface area contributed by atoms with E-state index < -0.39 is 27.4 Å². The second-order valence-electron chi connectivity index (χ2n) is 3.31. The normalized spacial score (nSPS) is 11.6. The van der Waals surface area contributed by atoms with E-state index >= 15 is 0 Å². The molecule has 17 heavy (non-hydrogen) atoms. The van der Waals surface area contributed by atoms with Crippen molar-refractivity contribution in [3.8, 4) is 22.1 Å². The van der Waals surface area contributed by atoms with Crippen molar-refractivity contribution in [2.45, 2.75) is 0 Å². The van der Waals surface area contributed by atoms with Crippen LogP contribution in [0.4, 0.5) is 5.88 Å². The highest BCUT2D eigenvalue weighted by atomic mass is 32.2. The first kappa shape index (κ1) is 11.8. The Morgan fingerprint density at radius 3 is 2.59 bits per heavy atom. The van der Waals surface area contributed by atoms with Gasteiger partial charge in [0.2, 0.25) is 21.5 Å². The summed E-state index contributed by atoms with van der Waals surface area (Å²) in [6, 6.07) is 3.41. The van der Waals surface area contributed by atoms with E-state index in [-0.39, 0.29) is 5.76 Å². The molecule has 2 rings (SSSR count). The van der Waals surface area contributed by atoms with Gasteiger partial charge in [0.1, 0.15) is 0 Å². The van der Waals surface area contributed by atoms with Gasteiger partial charge in [0.25, 0.3) is 5.88 Å². The smallest absolute Gasteiger partial charge is 0.253 e. The van der Waals surface area contributed by atoms with Gasteiger partial charge in [-0.2, -0.15) is 0 Å². The third-order valence-electron chi connectivity index (χ3n) is 1.88. The van der Waals surface area contributed by atoms with Gasteiger partial charge < -0.3 is 14.6 Å². The van der Waals surface area contributed by atoms with Crippen LogP contribution in [-0.4, -0.2) is 24.9 Å². The molecule has 3 N–H and O–H groups in total. The zero-order chi connectivity index (χ0) is 12.6. The molecule has 0 radical (unpaired) electrons. The number of furan rings is 1. The van der Waals surface area contributed by atoms with Crippen LogP contribution in [0.25, 0.3) is 10.6 Å². The minimum Gasteiger partial charge on any atom is -0.502 e. The maximum Gasteiger partial charge on any atom is 0.253 e. The zero-order valence-corrected chi connectivity index (χ0v) is 10.3. The number of nitrogens with one attached hydrogen (secondary N) is 1. The average Bonchev–Trinajstić information content (AvgIpc) is 2.80. The van der Waals surface area contributed by atoms with Crippen molar-refractivity contribution >= 4 is 27.2 Å². The number of sulfonamides is 1. The lowest BCUT2D eigenvalue weighted by Crippen LogP contribution is -2.08. The molecule has 2 heterocycles. The van der Waals surface area contributed by atoms with Gasteiger partial charge in [0.15, 0.2) is 5.76 Å². The van der Waals surface area contributed by atoms with Crippen LogP contribution in [-0.2, 0) is 10.0 Å². The summed E-state index contributed by atoms with van der Waals surface area (Å²) >= 11 is 1.29. The Labute approximate surface area is 101 Å². The highest BCUT2D eigenvalue weighted by molar-refractivity contribution is 7.92. The fraction of sp³-hybridized carbons (Fsp3) is 0.111. The molecule has 0 spiro atoms. The molecule has 0 saturated carbocycles. The molecule has 0 aliphatic heterocycles. The van der Waals surface area contributed by atoms with E-state index in [1.54, 1.807) is 17.5 Å². The Morgan fingerprint density at radius 2 is 2.06 bits per heavy atom. The van der Waals surface area contributed by atoms with Gasteiger partial charge in [0.05, 0.1) is 11.1 Å². The molecule has 0 aromatic carbocycles. The molecule has 8 heteroatoms. The highest BCUT2D eigenvalue weighted by Crippen LogP contribution is 2.46. The molecule has 0 saturated heterocycles. The van der Waals surface area contributed by atoms with Crippen molar-refractivity contribution in [1.82, 2.24) is 0 Å². The van der Waals surface area contributed by atoms with Crippen molar-refractivity contribution in [3.05, 3.63) is 17.5 Å². The Balaban J connectivity index is 2.48. The number of aromatic hydroxyl groups is 2. The third kappa shape index (κ3) is 2.37. The molecule has 92 valence electrons. The van der Waals surface area contributed by atoms with Gasteiger partial charge in [-0.15, -0.1) is 11.3 Å². The van der Waals surface area contributed by atoms with Gasteiger partial charge in [0, 0.05) is 0 Å². The lowest BCUT2D eigenvalue weighted by atomic mass is 10.3. The third-order valence-corrected chi connectivity index (χ3v) is 3.31. The number of rotatable bonds is 3. The first-order valence-corrected chi connectivity index (χ1v) is 7.22. The fourth-order valence-corrected chi connectivity index (χ4v) is 2.41. The van der Waals surface area contributed by atoms with Crippen molar-refractivity contribution < 1.29 is 23.0 Å². The minimum atomic E-state index is -3.58. The molecule has 0 unspecified atom stereocenters. The minimum absolute atomic E-state index is 0.0312. The van der Waals surface area contributed by atoms with Crippen LogP contribution in [0, 0.1) is 0 Å². The summed E-state index contributed by atoms with van der Waals surface area (Å²) in [6.07, 6.45) is 0.914. The predicted octanol–water partition coefficient (Wildman–Crippen LogP) is 1.79. The summed E-state index contributed by atoms with van der Waals surface area (Å²) in [4.78, 5) is 0.583. The van der Waals surface area contributed by atoms with E-state index in [9.17, 15) is 18.6 Å². The molecule has 0 amide bonds.